The Bertz CT molecular complexity index is 630. The molecule has 0 bridgehead atoms. The number of halogens is 1. The first-order valence-corrected chi connectivity index (χ1v) is 9.20. The minimum atomic E-state index is -2.97. The summed E-state index contributed by atoms with van der Waals surface area (Å²) in [6, 6.07) is 7.29. The van der Waals surface area contributed by atoms with Crippen molar-refractivity contribution >= 4 is 27.3 Å². The molecule has 1 amide bonds. The summed E-state index contributed by atoms with van der Waals surface area (Å²) >= 11 is 5.96. The van der Waals surface area contributed by atoms with Crippen LogP contribution in [0.4, 0.5) is 0 Å². The maximum absolute atomic E-state index is 12.3. The lowest BCUT2D eigenvalue weighted by atomic mass is 9.97. The molecule has 2 atom stereocenters. The molecule has 1 aliphatic rings. The van der Waals surface area contributed by atoms with Gasteiger partial charge in [-0.05, 0) is 30.0 Å². The molecule has 116 valence electrons. The first-order valence-electron chi connectivity index (χ1n) is 7.00. The largest absolute Gasteiger partial charge is 0.342 e. The fourth-order valence-electron chi connectivity index (χ4n) is 2.62. The van der Waals surface area contributed by atoms with Crippen LogP contribution in [0.2, 0.25) is 5.02 Å². The maximum atomic E-state index is 12.3. The van der Waals surface area contributed by atoms with Crippen LogP contribution in [0.3, 0.4) is 0 Å². The Morgan fingerprint density at radius 1 is 1.48 bits per heavy atom. The summed E-state index contributed by atoms with van der Waals surface area (Å²) in [7, 11) is -1.28. The van der Waals surface area contributed by atoms with Crippen LogP contribution in [-0.4, -0.2) is 43.8 Å². The minimum Gasteiger partial charge on any atom is -0.342 e. The van der Waals surface area contributed by atoms with Crippen LogP contribution in [0.5, 0.6) is 0 Å². The van der Waals surface area contributed by atoms with Crippen molar-refractivity contribution in [2.75, 3.05) is 18.6 Å². The molecule has 2 unspecified atom stereocenters. The molecule has 1 fully saturated rings. The number of nitrogens with zero attached hydrogens (tertiary/aromatic N) is 1. The van der Waals surface area contributed by atoms with Gasteiger partial charge in [-0.15, -0.1) is 0 Å². The van der Waals surface area contributed by atoms with Crippen molar-refractivity contribution in [1.29, 1.82) is 0 Å². The molecular weight excluding hydrogens is 310 g/mol. The van der Waals surface area contributed by atoms with Crippen molar-refractivity contribution in [3.63, 3.8) is 0 Å². The topological polar surface area (TPSA) is 54.5 Å². The highest BCUT2D eigenvalue weighted by atomic mass is 35.5. The minimum absolute atomic E-state index is 0.0235. The Balaban J connectivity index is 1.98. The molecule has 1 saturated heterocycles. The van der Waals surface area contributed by atoms with Crippen LogP contribution in [0.25, 0.3) is 0 Å². The lowest BCUT2D eigenvalue weighted by Gasteiger charge is -2.25. The molecule has 21 heavy (non-hydrogen) atoms. The van der Waals surface area contributed by atoms with Crippen LogP contribution in [0.15, 0.2) is 24.3 Å². The molecule has 0 aliphatic carbocycles. The van der Waals surface area contributed by atoms with E-state index in [9.17, 15) is 13.2 Å². The number of hydrogen-bond acceptors (Lipinski definition) is 3. The summed E-state index contributed by atoms with van der Waals surface area (Å²) in [4.78, 5) is 13.9. The van der Waals surface area contributed by atoms with E-state index in [4.69, 9.17) is 11.6 Å². The number of amides is 1. The van der Waals surface area contributed by atoms with Crippen LogP contribution < -0.4 is 0 Å². The van der Waals surface area contributed by atoms with Crippen molar-refractivity contribution in [2.45, 2.75) is 31.7 Å². The predicted octanol–water partition coefficient (Wildman–Crippen LogP) is 2.48. The third-order valence-corrected chi connectivity index (χ3v) is 6.03. The second kappa shape index (κ2) is 6.36. The molecule has 0 spiro atoms. The lowest BCUT2D eigenvalue weighted by molar-refractivity contribution is -0.131. The fraction of sp³-hybridized carbons (Fsp3) is 0.533. The van der Waals surface area contributed by atoms with Gasteiger partial charge >= 0.3 is 0 Å². The van der Waals surface area contributed by atoms with Crippen LogP contribution in [-0.2, 0) is 14.6 Å². The molecule has 0 N–H and O–H groups in total. The normalized spacial score (nSPS) is 22.0. The highest BCUT2D eigenvalue weighted by Gasteiger charge is 2.32. The van der Waals surface area contributed by atoms with Gasteiger partial charge in [0.1, 0.15) is 0 Å². The third kappa shape index (κ3) is 4.20. The zero-order valence-corrected chi connectivity index (χ0v) is 13.8. The lowest BCUT2D eigenvalue weighted by Crippen LogP contribution is -2.38. The van der Waals surface area contributed by atoms with E-state index in [1.54, 1.807) is 18.0 Å². The smallest absolute Gasteiger partial charge is 0.223 e. The molecule has 0 aromatic heterocycles. The van der Waals surface area contributed by atoms with Gasteiger partial charge < -0.3 is 4.90 Å². The van der Waals surface area contributed by atoms with E-state index >= 15 is 0 Å². The van der Waals surface area contributed by atoms with Gasteiger partial charge in [0.2, 0.25) is 5.91 Å². The van der Waals surface area contributed by atoms with Gasteiger partial charge in [0.25, 0.3) is 0 Å². The quantitative estimate of drug-likeness (QED) is 0.852. The summed E-state index contributed by atoms with van der Waals surface area (Å²) in [5.41, 5.74) is 1.02. The standard InChI is InChI=1S/C15H20ClNO3S/c1-11(12-4-3-5-13(16)9-12)8-15(18)17(2)14-6-7-21(19,20)10-14/h3-5,9,11,14H,6-8,10H2,1-2H3. The highest BCUT2D eigenvalue weighted by molar-refractivity contribution is 7.91. The summed E-state index contributed by atoms with van der Waals surface area (Å²) in [6.07, 6.45) is 0.892. The Morgan fingerprint density at radius 3 is 2.76 bits per heavy atom. The van der Waals surface area contributed by atoms with Crippen molar-refractivity contribution in [2.24, 2.45) is 0 Å². The van der Waals surface area contributed by atoms with E-state index in [0.717, 1.165) is 5.56 Å². The van der Waals surface area contributed by atoms with Crippen LogP contribution in [0.1, 0.15) is 31.2 Å². The van der Waals surface area contributed by atoms with Crippen molar-refractivity contribution in [3.05, 3.63) is 34.9 Å². The average Bonchev–Trinajstić information content (AvgIpc) is 2.78. The van der Waals surface area contributed by atoms with Crippen molar-refractivity contribution in [3.8, 4) is 0 Å². The molecule has 4 nitrogen and oxygen atoms in total. The van der Waals surface area contributed by atoms with Crippen LogP contribution in [0, 0.1) is 0 Å². The maximum Gasteiger partial charge on any atom is 0.223 e. The van der Waals surface area contributed by atoms with Gasteiger partial charge in [-0.25, -0.2) is 8.42 Å². The average molecular weight is 330 g/mol. The summed E-state index contributed by atoms with van der Waals surface area (Å²) in [6.45, 7) is 1.97. The number of benzene rings is 1. The van der Waals surface area contributed by atoms with Gasteiger partial charge in [0.05, 0.1) is 11.5 Å². The molecule has 0 saturated carbocycles. The molecule has 1 aromatic rings. The molecular formula is C15H20ClNO3S. The zero-order chi connectivity index (χ0) is 15.6. The Morgan fingerprint density at radius 2 is 2.19 bits per heavy atom. The monoisotopic (exact) mass is 329 g/mol. The number of carbonyl (C=O) groups is 1. The second-order valence-electron chi connectivity index (χ2n) is 5.72. The van der Waals surface area contributed by atoms with E-state index in [1.165, 1.54) is 0 Å². The van der Waals surface area contributed by atoms with Gasteiger partial charge in [-0.1, -0.05) is 30.7 Å². The Labute approximate surface area is 131 Å². The van der Waals surface area contributed by atoms with Crippen molar-refractivity contribution < 1.29 is 13.2 Å². The van der Waals surface area contributed by atoms with Gasteiger partial charge in [0.15, 0.2) is 9.84 Å². The molecule has 2 rings (SSSR count). The first-order chi connectivity index (χ1) is 9.78. The van der Waals surface area contributed by atoms with E-state index < -0.39 is 9.84 Å². The van der Waals surface area contributed by atoms with Gasteiger partial charge in [-0.3, -0.25) is 4.79 Å². The zero-order valence-electron chi connectivity index (χ0n) is 12.3. The molecule has 0 radical (unpaired) electrons. The predicted molar refractivity (Wildman–Crippen MR) is 84.3 cm³/mol. The van der Waals surface area contributed by atoms with Gasteiger partial charge in [-0.2, -0.15) is 0 Å². The number of sulfone groups is 1. The van der Waals surface area contributed by atoms with Crippen molar-refractivity contribution in [1.82, 2.24) is 4.90 Å². The Hall–Kier alpha value is -1.07. The summed E-state index contributed by atoms with van der Waals surface area (Å²) in [5, 5.41) is 0.655. The highest BCUT2D eigenvalue weighted by Crippen LogP contribution is 2.24. The number of carbonyl (C=O) groups excluding carboxylic acids is 1. The number of hydrogen-bond donors (Lipinski definition) is 0. The number of rotatable bonds is 4. The third-order valence-electron chi connectivity index (χ3n) is 4.05. The second-order valence-corrected chi connectivity index (χ2v) is 8.39. The van der Waals surface area contributed by atoms with E-state index in [2.05, 4.69) is 0 Å². The van der Waals surface area contributed by atoms with E-state index in [1.807, 2.05) is 25.1 Å². The molecule has 1 aliphatic heterocycles. The van der Waals surface area contributed by atoms with Gasteiger partial charge in [0, 0.05) is 24.5 Å². The van der Waals surface area contributed by atoms with Crippen LogP contribution >= 0.6 is 11.6 Å². The molecule has 1 aromatic carbocycles. The Kier molecular flexibility index (Phi) is 4.94. The fourth-order valence-corrected chi connectivity index (χ4v) is 4.59. The summed E-state index contributed by atoms with van der Waals surface area (Å²) in [5.74, 6) is 0.293. The SMILES string of the molecule is CC(CC(=O)N(C)C1CCS(=O)(=O)C1)c1cccc(Cl)c1. The van der Waals surface area contributed by atoms with E-state index in [0.29, 0.717) is 17.9 Å². The summed E-state index contributed by atoms with van der Waals surface area (Å²) < 4.78 is 23.0. The van der Waals surface area contributed by atoms with E-state index in [-0.39, 0.29) is 29.4 Å². The molecule has 1 heterocycles. The first kappa shape index (κ1) is 16.3. The molecule has 6 heteroatoms.